The minimum Gasteiger partial charge on any atom is -0.464 e. The molecule has 1 aliphatic heterocycles. The van der Waals surface area contributed by atoms with Crippen LogP contribution in [0.4, 0.5) is 4.39 Å². The van der Waals surface area contributed by atoms with E-state index in [9.17, 15) is 9.18 Å². The van der Waals surface area contributed by atoms with Gasteiger partial charge in [-0.05, 0) is 29.5 Å². The topological polar surface area (TPSA) is 69.9 Å². The largest absolute Gasteiger partial charge is 0.464 e. The van der Waals surface area contributed by atoms with Crippen LogP contribution in [0.3, 0.4) is 0 Å². The molecule has 0 spiro atoms. The molecule has 1 fully saturated rings. The number of nitrogens with zero attached hydrogens (tertiary/aromatic N) is 4. The van der Waals surface area contributed by atoms with Crippen molar-refractivity contribution in [3.63, 3.8) is 0 Å². The number of cyclic esters (lactones) is 1. The van der Waals surface area contributed by atoms with Gasteiger partial charge in [-0.3, -0.25) is 0 Å². The standard InChI is InChI=1S/C11H9FN4O2/c12-8-3-1-7(2-4-8)10-13-15-16(14-10)9-5-6-18-11(9)17/h1-4,9H,5-6H2. The summed E-state index contributed by atoms with van der Waals surface area (Å²) in [6.45, 7) is 0.372. The molecule has 2 aromatic rings. The highest BCUT2D eigenvalue weighted by Crippen LogP contribution is 2.20. The zero-order valence-corrected chi connectivity index (χ0v) is 9.28. The van der Waals surface area contributed by atoms with Crippen LogP contribution >= 0.6 is 0 Å². The van der Waals surface area contributed by atoms with Crippen molar-refractivity contribution in [1.82, 2.24) is 20.2 Å². The zero-order valence-electron chi connectivity index (χ0n) is 9.28. The van der Waals surface area contributed by atoms with E-state index in [2.05, 4.69) is 15.4 Å². The van der Waals surface area contributed by atoms with E-state index in [-0.39, 0.29) is 11.8 Å². The van der Waals surface area contributed by atoms with Crippen LogP contribution in [0.2, 0.25) is 0 Å². The molecule has 7 heteroatoms. The molecule has 1 aromatic heterocycles. The van der Waals surface area contributed by atoms with E-state index in [0.717, 1.165) is 0 Å². The molecule has 0 amide bonds. The van der Waals surface area contributed by atoms with Gasteiger partial charge in [0, 0.05) is 12.0 Å². The predicted molar refractivity (Wildman–Crippen MR) is 57.8 cm³/mol. The van der Waals surface area contributed by atoms with Gasteiger partial charge in [-0.15, -0.1) is 15.0 Å². The lowest BCUT2D eigenvalue weighted by molar-refractivity contribution is -0.141. The molecule has 0 N–H and O–H groups in total. The summed E-state index contributed by atoms with van der Waals surface area (Å²) in [5.74, 6) is -0.321. The molecule has 1 aliphatic rings. The van der Waals surface area contributed by atoms with Crippen molar-refractivity contribution in [2.45, 2.75) is 12.5 Å². The summed E-state index contributed by atoms with van der Waals surface area (Å²) in [7, 11) is 0. The Morgan fingerprint density at radius 3 is 2.78 bits per heavy atom. The van der Waals surface area contributed by atoms with Gasteiger partial charge in [0.15, 0.2) is 6.04 Å². The first-order valence-electron chi connectivity index (χ1n) is 5.46. The lowest BCUT2D eigenvalue weighted by Gasteiger charge is -2.01. The van der Waals surface area contributed by atoms with Crippen molar-refractivity contribution >= 4 is 5.97 Å². The number of aromatic nitrogens is 4. The Labute approximate surface area is 101 Å². The molecule has 2 heterocycles. The van der Waals surface area contributed by atoms with E-state index in [0.29, 0.717) is 24.4 Å². The Morgan fingerprint density at radius 1 is 1.33 bits per heavy atom. The zero-order chi connectivity index (χ0) is 12.5. The van der Waals surface area contributed by atoms with Gasteiger partial charge in [0.2, 0.25) is 5.82 Å². The number of rotatable bonds is 2. The van der Waals surface area contributed by atoms with Gasteiger partial charge in [0.1, 0.15) is 5.82 Å². The van der Waals surface area contributed by atoms with Crippen molar-refractivity contribution in [2.24, 2.45) is 0 Å². The average molecular weight is 248 g/mol. The summed E-state index contributed by atoms with van der Waals surface area (Å²) in [6.07, 6.45) is 0.540. The fourth-order valence-electron chi connectivity index (χ4n) is 1.77. The van der Waals surface area contributed by atoms with Crippen molar-refractivity contribution in [3.8, 4) is 11.4 Å². The number of carbonyl (C=O) groups is 1. The van der Waals surface area contributed by atoms with E-state index in [1.807, 2.05) is 0 Å². The maximum atomic E-state index is 12.8. The summed E-state index contributed by atoms with van der Waals surface area (Å²) in [5, 5.41) is 11.8. The van der Waals surface area contributed by atoms with Crippen LogP contribution in [0.25, 0.3) is 11.4 Å². The number of hydrogen-bond acceptors (Lipinski definition) is 5. The second-order valence-electron chi connectivity index (χ2n) is 3.91. The van der Waals surface area contributed by atoms with Gasteiger partial charge >= 0.3 is 5.97 Å². The summed E-state index contributed by atoms with van der Waals surface area (Å²) in [5.41, 5.74) is 0.647. The fourth-order valence-corrected chi connectivity index (χ4v) is 1.77. The smallest absolute Gasteiger partial charge is 0.333 e. The first-order chi connectivity index (χ1) is 8.74. The van der Waals surface area contributed by atoms with E-state index < -0.39 is 6.04 Å². The van der Waals surface area contributed by atoms with E-state index in [1.54, 1.807) is 12.1 Å². The Hall–Kier alpha value is -2.31. The molecule has 1 unspecified atom stereocenters. The average Bonchev–Trinajstić information content (AvgIpc) is 2.98. The van der Waals surface area contributed by atoms with Gasteiger partial charge in [-0.1, -0.05) is 0 Å². The summed E-state index contributed by atoms with van der Waals surface area (Å²) >= 11 is 0. The normalized spacial score (nSPS) is 18.9. The first-order valence-corrected chi connectivity index (χ1v) is 5.46. The minimum absolute atomic E-state index is 0.328. The molecule has 18 heavy (non-hydrogen) atoms. The number of ether oxygens (including phenoxy) is 1. The van der Waals surface area contributed by atoms with Crippen molar-refractivity contribution in [1.29, 1.82) is 0 Å². The van der Waals surface area contributed by atoms with Gasteiger partial charge in [0.25, 0.3) is 0 Å². The molecule has 0 saturated carbocycles. The lowest BCUT2D eigenvalue weighted by Crippen LogP contribution is -2.17. The third-order valence-electron chi connectivity index (χ3n) is 2.72. The van der Waals surface area contributed by atoms with Crippen LogP contribution in [0.1, 0.15) is 12.5 Å². The Morgan fingerprint density at radius 2 is 2.11 bits per heavy atom. The Bertz CT molecular complexity index is 581. The SMILES string of the molecule is O=C1OCCC1n1nnc(-c2ccc(F)cc2)n1. The number of carbonyl (C=O) groups excluding carboxylic acids is 1. The third-order valence-corrected chi connectivity index (χ3v) is 2.72. The molecule has 0 bridgehead atoms. The number of hydrogen-bond donors (Lipinski definition) is 0. The van der Waals surface area contributed by atoms with Crippen LogP contribution in [0.15, 0.2) is 24.3 Å². The summed E-state index contributed by atoms with van der Waals surface area (Å²) < 4.78 is 17.6. The molecule has 6 nitrogen and oxygen atoms in total. The second kappa shape index (κ2) is 4.17. The highest BCUT2D eigenvalue weighted by molar-refractivity contribution is 5.75. The minimum atomic E-state index is -0.508. The molecule has 3 rings (SSSR count). The second-order valence-corrected chi connectivity index (χ2v) is 3.91. The van der Waals surface area contributed by atoms with Crippen LogP contribution in [0, 0.1) is 5.82 Å². The van der Waals surface area contributed by atoms with E-state index in [1.165, 1.54) is 16.9 Å². The highest BCUT2D eigenvalue weighted by atomic mass is 19.1. The van der Waals surface area contributed by atoms with Gasteiger partial charge < -0.3 is 4.74 Å². The van der Waals surface area contributed by atoms with Crippen LogP contribution in [0.5, 0.6) is 0 Å². The van der Waals surface area contributed by atoms with Gasteiger partial charge in [-0.2, -0.15) is 0 Å². The molecular formula is C11H9FN4O2. The monoisotopic (exact) mass is 248 g/mol. The molecule has 1 saturated heterocycles. The third kappa shape index (κ3) is 1.83. The van der Waals surface area contributed by atoms with Crippen molar-refractivity contribution in [2.75, 3.05) is 6.61 Å². The summed E-state index contributed by atoms with van der Waals surface area (Å²) in [6, 6.07) is 5.25. The van der Waals surface area contributed by atoms with Gasteiger partial charge in [0.05, 0.1) is 6.61 Å². The maximum Gasteiger partial charge on any atom is 0.333 e. The number of tetrazole rings is 1. The summed E-state index contributed by atoms with van der Waals surface area (Å²) in [4.78, 5) is 12.6. The molecular weight excluding hydrogens is 239 g/mol. The highest BCUT2D eigenvalue weighted by Gasteiger charge is 2.30. The fraction of sp³-hybridized carbons (Fsp3) is 0.273. The number of halogens is 1. The Balaban J connectivity index is 1.89. The molecule has 92 valence electrons. The number of benzene rings is 1. The molecule has 1 atom stereocenters. The maximum absolute atomic E-state index is 12.8. The van der Waals surface area contributed by atoms with E-state index >= 15 is 0 Å². The quantitative estimate of drug-likeness (QED) is 0.740. The van der Waals surface area contributed by atoms with Crippen LogP contribution in [-0.2, 0) is 9.53 Å². The van der Waals surface area contributed by atoms with Crippen LogP contribution in [-0.4, -0.2) is 32.8 Å². The van der Waals surface area contributed by atoms with E-state index in [4.69, 9.17) is 4.74 Å². The van der Waals surface area contributed by atoms with Crippen LogP contribution < -0.4 is 0 Å². The Kier molecular flexibility index (Phi) is 2.51. The predicted octanol–water partition coefficient (Wildman–Crippen LogP) is 0.967. The molecule has 0 aliphatic carbocycles. The molecule has 0 radical (unpaired) electrons. The van der Waals surface area contributed by atoms with Crippen molar-refractivity contribution < 1.29 is 13.9 Å². The first kappa shape index (κ1) is 10.8. The number of esters is 1. The lowest BCUT2D eigenvalue weighted by atomic mass is 10.2. The molecule has 1 aromatic carbocycles. The van der Waals surface area contributed by atoms with Crippen molar-refractivity contribution in [3.05, 3.63) is 30.1 Å². The van der Waals surface area contributed by atoms with Gasteiger partial charge in [-0.25, -0.2) is 9.18 Å².